The van der Waals surface area contributed by atoms with Crippen LogP contribution in [0.3, 0.4) is 0 Å². The highest BCUT2D eigenvalue weighted by Gasteiger charge is 2.07. The molecule has 6 heteroatoms. The molecule has 2 N–H and O–H groups in total. The van der Waals surface area contributed by atoms with E-state index in [1.54, 1.807) is 19.2 Å². The van der Waals surface area contributed by atoms with Gasteiger partial charge in [0.25, 0.3) is 0 Å². The van der Waals surface area contributed by atoms with E-state index >= 15 is 0 Å². The molecule has 86 valence electrons. The molecule has 0 aliphatic rings. The number of nitrogens with one attached hydrogen (secondary N) is 2. The first kappa shape index (κ1) is 12.4. The number of aryl methyl sites for hydroxylation is 1. The zero-order valence-corrected chi connectivity index (χ0v) is 9.76. The second-order valence-electron chi connectivity index (χ2n) is 3.22. The minimum absolute atomic E-state index is 0.0764. The fraction of sp³-hybridized carbons (Fsp3) is 0.300. The van der Waals surface area contributed by atoms with Gasteiger partial charge in [0.05, 0.1) is 22.9 Å². The van der Waals surface area contributed by atoms with Crippen molar-refractivity contribution in [2.75, 3.05) is 11.9 Å². The summed E-state index contributed by atoms with van der Waals surface area (Å²) in [6, 6.07) is 1.60. The van der Waals surface area contributed by atoms with Gasteiger partial charge in [0.1, 0.15) is 0 Å². The SMILES string of the molecule is CC(=O)NCC(=O)Nc1ccnc(C)c1Cl. The summed E-state index contributed by atoms with van der Waals surface area (Å²) >= 11 is 5.94. The first-order valence-corrected chi connectivity index (χ1v) is 5.04. The summed E-state index contributed by atoms with van der Waals surface area (Å²) in [5.41, 5.74) is 1.13. The normalized spacial score (nSPS) is 9.69. The van der Waals surface area contributed by atoms with Gasteiger partial charge in [-0.3, -0.25) is 14.6 Å². The molecule has 0 radical (unpaired) electrons. The van der Waals surface area contributed by atoms with E-state index in [2.05, 4.69) is 15.6 Å². The Morgan fingerprint density at radius 2 is 2.19 bits per heavy atom. The monoisotopic (exact) mass is 241 g/mol. The van der Waals surface area contributed by atoms with Crippen LogP contribution in [0.4, 0.5) is 5.69 Å². The average molecular weight is 242 g/mol. The number of carbonyl (C=O) groups excluding carboxylic acids is 2. The summed E-state index contributed by atoms with van der Waals surface area (Å²) in [7, 11) is 0. The van der Waals surface area contributed by atoms with Gasteiger partial charge in [-0.25, -0.2) is 0 Å². The van der Waals surface area contributed by atoms with Crippen molar-refractivity contribution in [1.82, 2.24) is 10.3 Å². The molecule has 1 aromatic rings. The van der Waals surface area contributed by atoms with E-state index in [-0.39, 0.29) is 18.4 Å². The fourth-order valence-corrected chi connectivity index (χ4v) is 1.20. The Morgan fingerprint density at radius 3 is 2.81 bits per heavy atom. The Hall–Kier alpha value is -1.62. The number of pyridine rings is 1. The van der Waals surface area contributed by atoms with E-state index in [0.29, 0.717) is 16.4 Å². The molecule has 5 nitrogen and oxygen atoms in total. The van der Waals surface area contributed by atoms with Crippen molar-refractivity contribution in [3.8, 4) is 0 Å². The second kappa shape index (κ2) is 5.46. The van der Waals surface area contributed by atoms with Gasteiger partial charge in [0.2, 0.25) is 11.8 Å². The molecule has 0 saturated carbocycles. The van der Waals surface area contributed by atoms with Crippen LogP contribution in [0.25, 0.3) is 0 Å². The lowest BCUT2D eigenvalue weighted by molar-refractivity contribution is -0.122. The molecule has 0 aromatic carbocycles. The maximum Gasteiger partial charge on any atom is 0.243 e. The molecule has 0 aliphatic carbocycles. The standard InChI is InChI=1S/C10H12ClN3O2/c1-6-10(11)8(3-4-12-6)14-9(16)5-13-7(2)15/h3-4H,5H2,1-2H3,(H,13,15)(H,12,14,16). The lowest BCUT2D eigenvalue weighted by atomic mass is 10.3. The Labute approximate surface area is 98.2 Å². The van der Waals surface area contributed by atoms with E-state index in [0.717, 1.165) is 0 Å². The summed E-state index contributed by atoms with van der Waals surface area (Å²) < 4.78 is 0. The minimum atomic E-state index is -0.331. The van der Waals surface area contributed by atoms with Gasteiger partial charge in [-0.1, -0.05) is 11.6 Å². The van der Waals surface area contributed by atoms with Crippen LogP contribution in [0, 0.1) is 6.92 Å². The molecule has 0 fully saturated rings. The highest BCUT2D eigenvalue weighted by atomic mass is 35.5. The number of hydrogen-bond acceptors (Lipinski definition) is 3. The van der Waals surface area contributed by atoms with Crippen LogP contribution in [0.2, 0.25) is 5.02 Å². The number of carbonyl (C=O) groups is 2. The zero-order valence-electron chi connectivity index (χ0n) is 9.00. The molecule has 0 bridgehead atoms. The van der Waals surface area contributed by atoms with Crippen molar-refractivity contribution < 1.29 is 9.59 Å². The highest BCUT2D eigenvalue weighted by Crippen LogP contribution is 2.22. The van der Waals surface area contributed by atoms with Gasteiger partial charge in [-0.15, -0.1) is 0 Å². The molecule has 16 heavy (non-hydrogen) atoms. The maximum absolute atomic E-state index is 11.4. The maximum atomic E-state index is 11.4. The Bertz CT molecular complexity index is 421. The van der Waals surface area contributed by atoms with Crippen molar-refractivity contribution >= 4 is 29.1 Å². The van der Waals surface area contributed by atoms with E-state index in [1.807, 2.05) is 0 Å². The van der Waals surface area contributed by atoms with Crippen LogP contribution < -0.4 is 10.6 Å². The van der Waals surface area contributed by atoms with Gasteiger partial charge in [-0.05, 0) is 13.0 Å². The van der Waals surface area contributed by atoms with Crippen LogP contribution in [-0.2, 0) is 9.59 Å². The second-order valence-corrected chi connectivity index (χ2v) is 3.59. The first-order valence-electron chi connectivity index (χ1n) is 4.66. The van der Waals surface area contributed by atoms with Gasteiger partial charge in [0, 0.05) is 13.1 Å². The van der Waals surface area contributed by atoms with Crippen molar-refractivity contribution in [2.45, 2.75) is 13.8 Å². The molecule has 1 rings (SSSR count). The third kappa shape index (κ3) is 3.51. The largest absolute Gasteiger partial charge is 0.347 e. The minimum Gasteiger partial charge on any atom is -0.347 e. The number of nitrogens with zero attached hydrogens (tertiary/aromatic N) is 1. The van der Waals surface area contributed by atoms with Crippen molar-refractivity contribution in [3.05, 3.63) is 23.0 Å². The Morgan fingerprint density at radius 1 is 1.50 bits per heavy atom. The Balaban J connectivity index is 2.63. The first-order chi connectivity index (χ1) is 7.50. The lowest BCUT2D eigenvalue weighted by Crippen LogP contribution is -2.31. The summed E-state index contributed by atoms with van der Waals surface area (Å²) in [5, 5.41) is 5.37. The zero-order chi connectivity index (χ0) is 12.1. The summed E-state index contributed by atoms with van der Waals surface area (Å²) in [5.74, 6) is -0.588. The number of anilines is 1. The van der Waals surface area contributed by atoms with Crippen LogP contribution >= 0.6 is 11.6 Å². The molecule has 0 atom stereocenters. The van der Waals surface area contributed by atoms with Gasteiger partial charge < -0.3 is 10.6 Å². The molecule has 1 heterocycles. The summed E-state index contributed by atoms with van der Waals surface area (Å²) in [6.07, 6.45) is 1.55. The fourth-order valence-electron chi connectivity index (χ4n) is 1.04. The van der Waals surface area contributed by atoms with Crippen LogP contribution in [0.5, 0.6) is 0 Å². The predicted octanol–water partition coefficient (Wildman–Crippen LogP) is 1.12. The molecule has 1 aromatic heterocycles. The number of rotatable bonds is 3. The number of amides is 2. The van der Waals surface area contributed by atoms with Crippen LogP contribution in [-0.4, -0.2) is 23.3 Å². The molecular formula is C10H12ClN3O2. The van der Waals surface area contributed by atoms with Crippen molar-refractivity contribution in [1.29, 1.82) is 0 Å². The average Bonchev–Trinajstić information content (AvgIpc) is 2.22. The summed E-state index contributed by atoms with van der Waals surface area (Å²) in [4.78, 5) is 25.9. The van der Waals surface area contributed by atoms with Gasteiger partial charge >= 0.3 is 0 Å². The number of aromatic nitrogens is 1. The van der Waals surface area contributed by atoms with Crippen LogP contribution in [0.1, 0.15) is 12.6 Å². The molecule has 0 aliphatic heterocycles. The van der Waals surface area contributed by atoms with Gasteiger partial charge in [-0.2, -0.15) is 0 Å². The van der Waals surface area contributed by atoms with E-state index < -0.39 is 0 Å². The molecule has 0 saturated heterocycles. The molecule has 2 amide bonds. The highest BCUT2D eigenvalue weighted by molar-refractivity contribution is 6.34. The summed E-state index contributed by atoms with van der Waals surface area (Å²) in [6.45, 7) is 3.01. The predicted molar refractivity (Wildman–Crippen MR) is 61.3 cm³/mol. The topological polar surface area (TPSA) is 71.1 Å². The third-order valence-corrected chi connectivity index (χ3v) is 2.31. The van der Waals surface area contributed by atoms with Gasteiger partial charge in [0.15, 0.2) is 0 Å². The molecule has 0 spiro atoms. The smallest absolute Gasteiger partial charge is 0.243 e. The van der Waals surface area contributed by atoms with E-state index in [1.165, 1.54) is 6.92 Å². The quantitative estimate of drug-likeness (QED) is 0.833. The van der Waals surface area contributed by atoms with Crippen LogP contribution in [0.15, 0.2) is 12.3 Å². The van der Waals surface area contributed by atoms with E-state index in [9.17, 15) is 9.59 Å². The van der Waals surface area contributed by atoms with E-state index in [4.69, 9.17) is 11.6 Å². The van der Waals surface area contributed by atoms with Crippen molar-refractivity contribution in [2.24, 2.45) is 0 Å². The third-order valence-electron chi connectivity index (χ3n) is 1.84. The van der Waals surface area contributed by atoms with Crippen molar-refractivity contribution in [3.63, 3.8) is 0 Å². The lowest BCUT2D eigenvalue weighted by Gasteiger charge is -2.08. The molecular weight excluding hydrogens is 230 g/mol. The molecule has 0 unspecified atom stereocenters. The Kier molecular flexibility index (Phi) is 4.25. The number of hydrogen-bond donors (Lipinski definition) is 2. The number of halogens is 1.